The van der Waals surface area contributed by atoms with E-state index in [4.69, 9.17) is 17.2 Å². The van der Waals surface area contributed by atoms with Crippen LogP contribution in [0.2, 0.25) is 0 Å². The average Bonchev–Trinajstić information content (AvgIpc) is 3.23. The maximum absolute atomic E-state index is 13.3. The van der Waals surface area contributed by atoms with Crippen LogP contribution in [0.3, 0.4) is 0 Å². The number of nitrogens with one attached hydrogen (secondary N) is 2. The van der Waals surface area contributed by atoms with Crippen molar-refractivity contribution in [1.29, 1.82) is 0 Å². The van der Waals surface area contributed by atoms with Gasteiger partial charge in [0, 0.05) is 13.0 Å². The SMILES string of the molecule is CC(C)C(NC(=O)C(N)CCCCN)C(=O)N1CCCC1C(=O)NC(CCC(N)=O)C(=O)O. The summed E-state index contributed by atoms with van der Waals surface area (Å²) in [5.41, 5.74) is 16.5. The Kier molecular flexibility index (Phi) is 11.8. The lowest BCUT2D eigenvalue weighted by molar-refractivity contribution is -0.145. The Balaban J connectivity index is 2.85. The molecule has 188 valence electrons. The van der Waals surface area contributed by atoms with Crippen LogP contribution in [-0.4, -0.2) is 76.9 Å². The third-order valence-corrected chi connectivity index (χ3v) is 5.67. The van der Waals surface area contributed by atoms with Crippen LogP contribution in [0.25, 0.3) is 0 Å². The number of nitrogens with zero attached hydrogens (tertiary/aromatic N) is 1. The van der Waals surface area contributed by atoms with Gasteiger partial charge in [-0.3, -0.25) is 19.2 Å². The topological polar surface area (TPSA) is 211 Å². The summed E-state index contributed by atoms with van der Waals surface area (Å²) in [5.74, 6) is -3.72. The van der Waals surface area contributed by atoms with Crippen molar-refractivity contribution in [2.45, 2.75) is 83.0 Å². The molecule has 12 heteroatoms. The van der Waals surface area contributed by atoms with Gasteiger partial charge in [0.05, 0.1) is 6.04 Å². The molecule has 1 rings (SSSR count). The number of carboxylic acid groups (broad SMARTS) is 1. The van der Waals surface area contributed by atoms with Gasteiger partial charge in [-0.2, -0.15) is 0 Å². The number of hydrogen-bond donors (Lipinski definition) is 6. The van der Waals surface area contributed by atoms with Crippen molar-refractivity contribution in [2.75, 3.05) is 13.1 Å². The molecule has 0 spiro atoms. The van der Waals surface area contributed by atoms with Crippen LogP contribution < -0.4 is 27.8 Å². The van der Waals surface area contributed by atoms with Crippen molar-refractivity contribution in [3.63, 3.8) is 0 Å². The van der Waals surface area contributed by atoms with Crippen LogP contribution in [0.4, 0.5) is 0 Å². The number of primary amides is 1. The van der Waals surface area contributed by atoms with Crippen molar-refractivity contribution in [2.24, 2.45) is 23.1 Å². The number of amides is 4. The predicted octanol–water partition coefficient (Wildman–Crippen LogP) is -1.59. The van der Waals surface area contributed by atoms with Crippen LogP contribution in [0, 0.1) is 5.92 Å². The molecule has 1 saturated heterocycles. The second-order valence-electron chi connectivity index (χ2n) is 8.72. The molecule has 0 aliphatic carbocycles. The molecule has 0 aromatic carbocycles. The minimum Gasteiger partial charge on any atom is -0.480 e. The van der Waals surface area contributed by atoms with Gasteiger partial charge in [0.1, 0.15) is 18.1 Å². The maximum atomic E-state index is 13.3. The monoisotopic (exact) mass is 470 g/mol. The normalized spacial score (nSPS) is 18.5. The number of carbonyl (C=O) groups excluding carboxylic acids is 4. The molecule has 0 radical (unpaired) electrons. The number of rotatable bonds is 14. The highest BCUT2D eigenvalue weighted by molar-refractivity contribution is 5.94. The van der Waals surface area contributed by atoms with E-state index in [1.54, 1.807) is 13.8 Å². The third kappa shape index (κ3) is 8.97. The summed E-state index contributed by atoms with van der Waals surface area (Å²) in [7, 11) is 0. The van der Waals surface area contributed by atoms with Crippen LogP contribution in [-0.2, 0) is 24.0 Å². The Labute approximate surface area is 194 Å². The molecule has 0 bridgehead atoms. The molecule has 1 heterocycles. The molecule has 4 amide bonds. The molecular weight excluding hydrogens is 432 g/mol. The fourth-order valence-electron chi connectivity index (χ4n) is 3.71. The number of hydrogen-bond acceptors (Lipinski definition) is 7. The number of nitrogens with two attached hydrogens (primary N) is 3. The Morgan fingerprint density at radius 3 is 2.30 bits per heavy atom. The van der Waals surface area contributed by atoms with E-state index < -0.39 is 53.8 Å². The molecule has 0 aromatic rings. The smallest absolute Gasteiger partial charge is 0.326 e. The van der Waals surface area contributed by atoms with E-state index in [1.807, 2.05) is 0 Å². The first-order valence-electron chi connectivity index (χ1n) is 11.4. The lowest BCUT2D eigenvalue weighted by atomic mass is 10.0. The zero-order valence-electron chi connectivity index (χ0n) is 19.4. The third-order valence-electron chi connectivity index (χ3n) is 5.67. The summed E-state index contributed by atoms with van der Waals surface area (Å²) >= 11 is 0. The second-order valence-corrected chi connectivity index (χ2v) is 8.72. The molecule has 9 N–H and O–H groups in total. The zero-order valence-corrected chi connectivity index (χ0v) is 19.4. The minimum atomic E-state index is -1.30. The fraction of sp³-hybridized carbons (Fsp3) is 0.762. The summed E-state index contributed by atoms with van der Waals surface area (Å²) in [6.07, 6.45) is 2.45. The van der Waals surface area contributed by atoms with Gasteiger partial charge in [-0.15, -0.1) is 0 Å². The van der Waals surface area contributed by atoms with E-state index in [2.05, 4.69) is 10.6 Å². The standard InChI is InChI=1S/C21H38N6O6/c1-12(2)17(26-18(29)13(23)6-3-4-10-22)20(31)27-11-5-7-15(27)19(30)25-14(21(32)33)8-9-16(24)28/h12-15,17H,3-11,22-23H2,1-2H3,(H2,24,28)(H,25,30)(H,26,29)(H,32,33). The van der Waals surface area contributed by atoms with Crippen LogP contribution in [0.15, 0.2) is 0 Å². The van der Waals surface area contributed by atoms with Gasteiger partial charge in [-0.25, -0.2) is 4.79 Å². The Morgan fingerprint density at radius 1 is 1.09 bits per heavy atom. The molecule has 12 nitrogen and oxygen atoms in total. The first-order valence-corrected chi connectivity index (χ1v) is 11.4. The van der Waals surface area contributed by atoms with Crippen LogP contribution >= 0.6 is 0 Å². The number of carbonyl (C=O) groups is 5. The predicted molar refractivity (Wildman–Crippen MR) is 120 cm³/mol. The minimum absolute atomic E-state index is 0.149. The maximum Gasteiger partial charge on any atom is 0.326 e. The van der Waals surface area contributed by atoms with E-state index in [9.17, 15) is 29.1 Å². The first-order chi connectivity index (χ1) is 15.5. The highest BCUT2D eigenvalue weighted by atomic mass is 16.4. The molecule has 1 aliphatic heterocycles. The van der Waals surface area contributed by atoms with Gasteiger partial charge in [-0.1, -0.05) is 20.3 Å². The number of unbranched alkanes of at least 4 members (excludes halogenated alkanes) is 1. The van der Waals surface area contributed by atoms with Gasteiger partial charge in [0.15, 0.2) is 0 Å². The molecule has 4 unspecified atom stereocenters. The van der Waals surface area contributed by atoms with Crippen molar-refractivity contribution >= 4 is 29.6 Å². The van der Waals surface area contributed by atoms with E-state index in [-0.39, 0.29) is 18.8 Å². The Hall–Kier alpha value is -2.73. The van der Waals surface area contributed by atoms with E-state index in [1.165, 1.54) is 4.90 Å². The molecule has 1 fully saturated rings. The lowest BCUT2D eigenvalue weighted by Gasteiger charge is -2.31. The van der Waals surface area contributed by atoms with Gasteiger partial charge in [-0.05, 0) is 44.6 Å². The van der Waals surface area contributed by atoms with Gasteiger partial charge < -0.3 is 37.8 Å². The Bertz CT molecular complexity index is 715. The van der Waals surface area contributed by atoms with E-state index in [0.717, 1.165) is 6.42 Å². The molecule has 1 aliphatic rings. The summed E-state index contributed by atoms with van der Waals surface area (Å²) in [4.78, 5) is 62.3. The largest absolute Gasteiger partial charge is 0.480 e. The molecule has 0 aromatic heterocycles. The van der Waals surface area contributed by atoms with E-state index >= 15 is 0 Å². The Morgan fingerprint density at radius 2 is 1.76 bits per heavy atom. The molecular formula is C21H38N6O6. The highest BCUT2D eigenvalue weighted by Gasteiger charge is 2.40. The number of carboxylic acids is 1. The zero-order chi connectivity index (χ0) is 25.1. The second kappa shape index (κ2) is 13.7. The van der Waals surface area contributed by atoms with Crippen molar-refractivity contribution in [3.8, 4) is 0 Å². The fourth-order valence-corrected chi connectivity index (χ4v) is 3.71. The summed E-state index contributed by atoms with van der Waals surface area (Å²) < 4.78 is 0. The van der Waals surface area contributed by atoms with E-state index in [0.29, 0.717) is 38.8 Å². The quantitative estimate of drug-likeness (QED) is 0.162. The van der Waals surface area contributed by atoms with Crippen LogP contribution in [0.1, 0.15) is 58.8 Å². The van der Waals surface area contributed by atoms with Crippen LogP contribution in [0.5, 0.6) is 0 Å². The van der Waals surface area contributed by atoms with Gasteiger partial charge in [0.2, 0.25) is 23.6 Å². The number of likely N-dealkylation sites (tertiary alicyclic amines) is 1. The number of aliphatic carboxylic acids is 1. The van der Waals surface area contributed by atoms with Crippen molar-refractivity contribution < 1.29 is 29.1 Å². The first kappa shape index (κ1) is 28.3. The average molecular weight is 471 g/mol. The lowest BCUT2D eigenvalue weighted by Crippen LogP contribution is -2.58. The van der Waals surface area contributed by atoms with Gasteiger partial charge >= 0.3 is 5.97 Å². The van der Waals surface area contributed by atoms with Crippen molar-refractivity contribution in [3.05, 3.63) is 0 Å². The molecule has 0 saturated carbocycles. The summed E-state index contributed by atoms with van der Waals surface area (Å²) in [5, 5.41) is 14.4. The molecule has 4 atom stereocenters. The molecule has 33 heavy (non-hydrogen) atoms. The summed E-state index contributed by atoms with van der Waals surface area (Å²) in [6.45, 7) is 4.36. The van der Waals surface area contributed by atoms with Crippen molar-refractivity contribution in [1.82, 2.24) is 15.5 Å². The van der Waals surface area contributed by atoms with Gasteiger partial charge in [0.25, 0.3) is 0 Å². The summed E-state index contributed by atoms with van der Waals surface area (Å²) in [6, 6.07) is -3.82. The highest BCUT2D eigenvalue weighted by Crippen LogP contribution is 2.21.